The second-order valence-corrected chi connectivity index (χ2v) is 13.2. The summed E-state index contributed by atoms with van der Waals surface area (Å²) in [5.41, 5.74) is 2.59. The van der Waals surface area contributed by atoms with Crippen LogP contribution >= 0.6 is 23.5 Å². The van der Waals surface area contributed by atoms with Crippen LogP contribution in [0.3, 0.4) is 0 Å². The highest BCUT2D eigenvalue weighted by Gasteiger charge is 2.55. The van der Waals surface area contributed by atoms with Gasteiger partial charge >= 0.3 is 5.97 Å². The van der Waals surface area contributed by atoms with Gasteiger partial charge in [0.15, 0.2) is 0 Å². The molecule has 5 nitrogen and oxygen atoms in total. The van der Waals surface area contributed by atoms with Gasteiger partial charge in [-0.1, -0.05) is 84.9 Å². The smallest absolute Gasteiger partial charge is 0.312 e. The SMILES string of the molecule is O=C1OCC(C(Sc2ccccc2)(Sc2ccccc2)c2cccnc2)C1C(O)c1cccc(OCc2ccccc2)c1. The first-order chi connectivity index (χ1) is 21.1. The Morgan fingerprint density at radius 1 is 0.837 bits per heavy atom. The van der Waals surface area contributed by atoms with Crippen molar-refractivity contribution in [3.05, 3.63) is 156 Å². The number of nitrogens with zero attached hydrogens (tertiary/aromatic N) is 1. The summed E-state index contributed by atoms with van der Waals surface area (Å²) in [6.07, 6.45) is 2.50. The molecular weight excluding hydrogens is 575 g/mol. The van der Waals surface area contributed by atoms with E-state index in [1.807, 2.05) is 109 Å². The molecule has 1 fully saturated rings. The van der Waals surface area contributed by atoms with E-state index in [4.69, 9.17) is 9.47 Å². The lowest BCUT2D eigenvalue weighted by molar-refractivity contribution is -0.144. The van der Waals surface area contributed by atoms with Crippen LogP contribution in [0.1, 0.15) is 22.8 Å². The average molecular weight is 606 g/mol. The molecule has 43 heavy (non-hydrogen) atoms. The summed E-state index contributed by atoms with van der Waals surface area (Å²) >= 11 is 3.33. The van der Waals surface area contributed by atoms with E-state index in [2.05, 4.69) is 29.2 Å². The summed E-state index contributed by atoms with van der Waals surface area (Å²) in [6.45, 7) is 0.569. The minimum absolute atomic E-state index is 0.166. The molecule has 2 heterocycles. The summed E-state index contributed by atoms with van der Waals surface area (Å²) in [6, 6.07) is 41.5. The number of ether oxygens (including phenoxy) is 2. The molecule has 0 bridgehead atoms. The lowest BCUT2D eigenvalue weighted by Gasteiger charge is -2.40. The van der Waals surface area contributed by atoms with Crippen LogP contribution in [0.25, 0.3) is 0 Å². The van der Waals surface area contributed by atoms with Crippen molar-refractivity contribution in [3.63, 3.8) is 0 Å². The fraction of sp³-hybridized carbons (Fsp3) is 0.167. The molecule has 216 valence electrons. The minimum atomic E-state index is -1.11. The number of carbonyl (C=O) groups excluding carboxylic acids is 1. The van der Waals surface area contributed by atoms with Gasteiger partial charge in [0.05, 0.1) is 18.6 Å². The van der Waals surface area contributed by atoms with Gasteiger partial charge in [0, 0.05) is 28.1 Å². The van der Waals surface area contributed by atoms with Crippen LogP contribution in [0.4, 0.5) is 0 Å². The van der Waals surface area contributed by atoms with E-state index >= 15 is 0 Å². The van der Waals surface area contributed by atoms with Crippen LogP contribution < -0.4 is 4.74 Å². The van der Waals surface area contributed by atoms with Crippen molar-refractivity contribution < 1.29 is 19.4 Å². The van der Waals surface area contributed by atoms with E-state index in [-0.39, 0.29) is 6.61 Å². The van der Waals surface area contributed by atoms with Crippen molar-refractivity contribution in [2.24, 2.45) is 11.8 Å². The van der Waals surface area contributed by atoms with E-state index in [1.165, 1.54) is 0 Å². The Hall–Kier alpha value is -4.04. The number of pyridine rings is 1. The number of thioether (sulfide) groups is 2. The molecular formula is C36H31NO4S2. The fourth-order valence-electron chi connectivity index (χ4n) is 5.37. The Bertz CT molecular complexity index is 1580. The van der Waals surface area contributed by atoms with Gasteiger partial charge < -0.3 is 14.6 Å². The minimum Gasteiger partial charge on any atom is -0.489 e. The fourth-order valence-corrected chi connectivity index (χ4v) is 8.61. The maximum atomic E-state index is 13.5. The molecule has 0 amide bonds. The lowest BCUT2D eigenvalue weighted by atomic mass is 9.82. The summed E-state index contributed by atoms with van der Waals surface area (Å²) in [4.78, 5) is 20.1. The highest BCUT2D eigenvalue weighted by atomic mass is 32.2. The molecule has 7 heteroatoms. The molecule has 1 aliphatic rings. The number of cyclic esters (lactones) is 1. The van der Waals surface area contributed by atoms with Crippen molar-refractivity contribution in [3.8, 4) is 5.75 Å². The third-order valence-electron chi connectivity index (χ3n) is 7.48. The quantitative estimate of drug-likeness (QED) is 0.0932. The second kappa shape index (κ2) is 13.5. The summed E-state index contributed by atoms with van der Waals surface area (Å²) in [5.74, 6) is -1.01. The van der Waals surface area contributed by atoms with Gasteiger partial charge in [-0.25, -0.2) is 0 Å². The predicted octanol–water partition coefficient (Wildman–Crippen LogP) is 7.92. The zero-order valence-electron chi connectivity index (χ0n) is 23.4. The first kappa shape index (κ1) is 29.1. The number of rotatable bonds is 11. The number of carbonyl (C=O) groups is 1. The van der Waals surface area contributed by atoms with Crippen molar-refractivity contribution in [1.82, 2.24) is 4.98 Å². The standard InChI is InChI=1S/C36H31NO4S2/c38-34(27-14-10-16-29(22-27)40-24-26-12-4-1-5-13-26)33-32(25-41-35(33)39)36(28-15-11-21-37-23-28,42-30-17-6-2-7-18-30)43-31-19-8-3-9-20-31/h1-23,32-34,38H,24-25H2. The number of esters is 1. The maximum absolute atomic E-state index is 13.5. The lowest BCUT2D eigenvalue weighted by Crippen LogP contribution is -2.37. The number of hydrogen-bond acceptors (Lipinski definition) is 7. The van der Waals surface area contributed by atoms with Crippen LogP contribution in [0.5, 0.6) is 5.75 Å². The second-order valence-electron chi connectivity index (χ2n) is 10.3. The number of aliphatic hydroxyl groups is 1. The number of aliphatic hydroxyl groups excluding tert-OH is 1. The van der Waals surface area contributed by atoms with Gasteiger partial charge in [-0.05, 0) is 59.2 Å². The summed E-state index contributed by atoms with van der Waals surface area (Å²) < 4.78 is 11.1. The molecule has 0 saturated carbocycles. The maximum Gasteiger partial charge on any atom is 0.312 e. The Kier molecular flexibility index (Phi) is 9.13. The Morgan fingerprint density at radius 2 is 1.49 bits per heavy atom. The van der Waals surface area contributed by atoms with Crippen LogP contribution in [0.2, 0.25) is 0 Å². The molecule has 3 unspecified atom stereocenters. The first-order valence-electron chi connectivity index (χ1n) is 14.1. The van der Waals surface area contributed by atoms with Crippen molar-refractivity contribution in [2.45, 2.75) is 26.6 Å². The molecule has 1 aromatic heterocycles. The molecule has 1 saturated heterocycles. The molecule has 0 spiro atoms. The van der Waals surface area contributed by atoms with Crippen molar-refractivity contribution in [2.75, 3.05) is 6.61 Å². The molecule has 1 aliphatic heterocycles. The molecule has 4 aromatic carbocycles. The van der Waals surface area contributed by atoms with Crippen LogP contribution in [0, 0.1) is 11.8 Å². The van der Waals surface area contributed by atoms with Crippen LogP contribution in [-0.4, -0.2) is 22.7 Å². The van der Waals surface area contributed by atoms with E-state index in [1.54, 1.807) is 29.7 Å². The van der Waals surface area contributed by atoms with E-state index in [0.29, 0.717) is 17.9 Å². The highest BCUT2D eigenvalue weighted by Crippen LogP contribution is 2.61. The van der Waals surface area contributed by atoms with Crippen molar-refractivity contribution in [1.29, 1.82) is 0 Å². The van der Waals surface area contributed by atoms with Crippen LogP contribution in [0.15, 0.2) is 150 Å². The summed E-state index contributed by atoms with van der Waals surface area (Å²) in [5, 5.41) is 11.9. The number of benzene rings is 4. The van der Waals surface area contributed by atoms with Gasteiger partial charge in [0.25, 0.3) is 0 Å². The van der Waals surface area contributed by atoms with Crippen LogP contribution in [-0.2, 0) is 20.2 Å². The van der Waals surface area contributed by atoms with Gasteiger partial charge in [0.1, 0.15) is 16.4 Å². The number of hydrogen-bond donors (Lipinski definition) is 1. The largest absolute Gasteiger partial charge is 0.489 e. The highest BCUT2D eigenvalue weighted by molar-refractivity contribution is 8.17. The monoisotopic (exact) mass is 605 g/mol. The van der Waals surface area contributed by atoms with E-state index in [0.717, 1.165) is 20.9 Å². The third kappa shape index (κ3) is 6.64. The molecule has 6 rings (SSSR count). The Labute approximate surface area is 260 Å². The van der Waals surface area contributed by atoms with Gasteiger partial charge in [-0.15, -0.1) is 23.5 Å². The zero-order chi connectivity index (χ0) is 29.5. The van der Waals surface area contributed by atoms with E-state index < -0.39 is 28.0 Å². The predicted molar refractivity (Wildman–Crippen MR) is 171 cm³/mol. The molecule has 5 aromatic rings. The van der Waals surface area contributed by atoms with Crippen molar-refractivity contribution >= 4 is 29.5 Å². The third-order valence-corrected chi connectivity index (χ3v) is 10.7. The molecule has 0 radical (unpaired) electrons. The number of aromatic nitrogens is 1. The van der Waals surface area contributed by atoms with E-state index in [9.17, 15) is 9.90 Å². The molecule has 0 aliphatic carbocycles. The molecule has 1 N–H and O–H groups in total. The van der Waals surface area contributed by atoms with Gasteiger partial charge in [-0.2, -0.15) is 0 Å². The first-order valence-corrected chi connectivity index (χ1v) is 15.8. The Morgan fingerprint density at radius 3 is 2.12 bits per heavy atom. The topological polar surface area (TPSA) is 68.7 Å². The average Bonchev–Trinajstić information content (AvgIpc) is 3.46. The Balaban J connectivity index is 1.39. The summed E-state index contributed by atoms with van der Waals surface area (Å²) in [7, 11) is 0. The van der Waals surface area contributed by atoms with Gasteiger partial charge in [-0.3, -0.25) is 9.78 Å². The van der Waals surface area contributed by atoms with Gasteiger partial charge in [0.2, 0.25) is 0 Å². The zero-order valence-corrected chi connectivity index (χ0v) is 25.0. The molecule has 3 atom stereocenters. The normalized spacial score (nSPS) is 17.3.